The minimum absolute atomic E-state index is 0.0310. The second-order valence-corrected chi connectivity index (χ2v) is 9.60. The minimum atomic E-state index is -4.67. The quantitative estimate of drug-likeness (QED) is 0.307. The van der Waals surface area contributed by atoms with Gasteiger partial charge in [-0.3, -0.25) is 9.59 Å². The Bertz CT molecular complexity index is 1140. The molecule has 34 heavy (non-hydrogen) atoms. The topological polar surface area (TPSA) is 58.2 Å². The predicted octanol–water partition coefficient (Wildman–Crippen LogP) is 6.83. The van der Waals surface area contributed by atoms with Gasteiger partial charge < -0.3 is 10.6 Å². The molecular formula is C20H12Cl4F6N2O2. The normalized spacial score (nSPS) is 19.5. The fraction of sp³-hybridized carbons (Fsp3) is 0.300. The molecule has 0 radical (unpaired) electrons. The van der Waals surface area contributed by atoms with Crippen molar-refractivity contribution < 1.29 is 35.9 Å². The Morgan fingerprint density at radius 2 is 1.56 bits per heavy atom. The summed E-state index contributed by atoms with van der Waals surface area (Å²) in [5, 5.41) is 3.78. The first-order valence-corrected chi connectivity index (χ1v) is 10.7. The third kappa shape index (κ3) is 5.84. The first-order valence-electron chi connectivity index (χ1n) is 9.22. The van der Waals surface area contributed by atoms with Crippen LogP contribution in [0.2, 0.25) is 10.0 Å². The Morgan fingerprint density at radius 1 is 0.941 bits per heavy atom. The van der Waals surface area contributed by atoms with Crippen molar-refractivity contribution >= 4 is 63.9 Å². The van der Waals surface area contributed by atoms with E-state index in [1.54, 1.807) is 5.32 Å². The van der Waals surface area contributed by atoms with E-state index in [2.05, 4.69) is 5.32 Å². The summed E-state index contributed by atoms with van der Waals surface area (Å²) in [6, 6.07) is 6.01. The lowest BCUT2D eigenvalue weighted by Crippen LogP contribution is -2.33. The molecule has 0 aliphatic heterocycles. The van der Waals surface area contributed by atoms with E-state index in [1.807, 2.05) is 0 Å². The summed E-state index contributed by atoms with van der Waals surface area (Å²) in [6.07, 6.45) is -9.32. The molecule has 1 saturated carbocycles. The third-order valence-electron chi connectivity index (χ3n) is 4.92. The maximum Gasteiger partial charge on any atom is 0.416 e. The van der Waals surface area contributed by atoms with Crippen LogP contribution >= 0.6 is 46.4 Å². The summed E-state index contributed by atoms with van der Waals surface area (Å²) in [7, 11) is 0. The van der Waals surface area contributed by atoms with Crippen LogP contribution in [0.4, 0.5) is 32.0 Å². The Balaban J connectivity index is 1.80. The minimum Gasteiger partial charge on any atom is -0.343 e. The first kappa shape index (κ1) is 26.7. The summed E-state index contributed by atoms with van der Waals surface area (Å²) in [5.41, 5.74) is -1.46. The molecule has 2 N–H and O–H groups in total. The van der Waals surface area contributed by atoms with Crippen LogP contribution in [-0.2, 0) is 11.0 Å². The van der Waals surface area contributed by atoms with Gasteiger partial charge in [0.05, 0.1) is 22.1 Å². The number of carbonyl (C=O) groups is 2. The highest BCUT2D eigenvalue weighted by atomic mass is 35.5. The van der Waals surface area contributed by atoms with Crippen molar-refractivity contribution in [2.45, 2.75) is 22.6 Å². The molecule has 0 unspecified atom stereocenters. The molecule has 2 atom stereocenters. The summed E-state index contributed by atoms with van der Waals surface area (Å²) in [5.74, 6) is -4.24. The van der Waals surface area contributed by atoms with Crippen LogP contribution in [0.25, 0.3) is 0 Å². The van der Waals surface area contributed by atoms with Gasteiger partial charge in [0.1, 0.15) is 10.9 Å². The van der Waals surface area contributed by atoms with Gasteiger partial charge in [0.2, 0.25) is 5.91 Å². The lowest BCUT2D eigenvalue weighted by Gasteiger charge is -2.12. The van der Waals surface area contributed by atoms with Crippen LogP contribution in [0.15, 0.2) is 36.4 Å². The van der Waals surface area contributed by atoms with Gasteiger partial charge in [-0.25, -0.2) is 0 Å². The van der Waals surface area contributed by atoms with Gasteiger partial charge in [-0.1, -0.05) is 23.2 Å². The second kappa shape index (κ2) is 9.29. The van der Waals surface area contributed by atoms with E-state index in [-0.39, 0.29) is 26.9 Å². The van der Waals surface area contributed by atoms with Crippen LogP contribution in [0, 0.1) is 5.92 Å². The predicted molar refractivity (Wildman–Crippen MR) is 116 cm³/mol. The lowest BCUT2D eigenvalue weighted by molar-refractivity contribution is -0.137. The van der Waals surface area contributed by atoms with Crippen molar-refractivity contribution in [2.24, 2.45) is 5.92 Å². The van der Waals surface area contributed by atoms with Crippen molar-refractivity contribution in [3.63, 3.8) is 0 Å². The summed E-state index contributed by atoms with van der Waals surface area (Å²) >= 11 is 24.2. The van der Waals surface area contributed by atoms with Gasteiger partial charge in [-0.2, -0.15) is 26.3 Å². The molecular weight excluding hydrogens is 556 g/mol. The number of benzene rings is 2. The molecule has 0 heterocycles. The highest BCUT2D eigenvalue weighted by Crippen LogP contribution is 2.66. The van der Waals surface area contributed by atoms with Crippen LogP contribution in [-0.4, -0.2) is 28.9 Å². The van der Waals surface area contributed by atoms with Gasteiger partial charge in [0.25, 0.3) is 5.91 Å². The largest absolute Gasteiger partial charge is 0.416 e. The molecule has 0 spiro atoms. The number of halogens is 10. The van der Waals surface area contributed by atoms with E-state index in [0.29, 0.717) is 0 Å². The molecule has 2 amide bonds. The average Bonchev–Trinajstić information content (AvgIpc) is 3.28. The maximum absolute atomic E-state index is 13.1. The zero-order chi connectivity index (χ0) is 25.6. The van der Waals surface area contributed by atoms with Crippen LogP contribution in [0.3, 0.4) is 0 Å². The summed E-state index contributed by atoms with van der Waals surface area (Å²) < 4.78 is 74.5. The zero-order valence-electron chi connectivity index (χ0n) is 16.4. The fourth-order valence-corrected chi connectivity index (χ4v) is 4.52. The van der Waals surface area contributed by atoms with Crippen LogP contribution < -0.4 is 10.6 Å². The second-order valence-electron chi connectivity index (χ2n) is 7.35. The Morgan fingerprint density at radius 3 is 2.15 bits per heavy atom. The van der Waals surface area contributed by atoms with E-state index in [9.17, 15) is 35.9 Å². The van der Waals surface area contributed by atoms with Gasteiger partial charge in [0.15, 0.2) is 0 Å². The number of anilines is 1. The molecule has 0 bridgehead atoms. The summed E-state index contributed by atoms with van der Waals surface area (Å²) in [4.78, 5) is 24.8. The number of rotatable bonds is 5. The van der Waals surface area contributed by atoms with E-state index in [4.69, 9.17) is 46.4 Å². The van der Waals surface area contributed by atoms with Crippen molar-refractivity contribution in [1.29, 1.82) is 0 Å². The molecule has 2 aromatic carbocycles. The smallest absolute Gasteiger partial charge is 0.343 e. The van der Waals surface area contributed by atoms with Gasteiger partial charge in [0, 0.05) is 16.6 Å². The number of carbonyl (C=O) groups excluding carboxylic acids is 2. The molecule has 1 aliphatic carbocycles. The molecule has 1 fully saturated rings. The van der Waals surface area contributed by atoms with Crippen LogP contribution in [0.5, 0.6) is 0 Å². The van der Waals surface area contributed by atoms with Gasteiger partial charge >= 0.3 is 12.4 Å². The van der Waals surface area contributed by atoms with E-state index in [0.717, 1.165) is 24.3 Å². The highest BCUT2D eigenvalue weighted by Gasteiger charge is 2.68. The molecule has 0 saturated heterocycles. The fourth-order valence-electron chi connectivity index (χ4n) is 3.27. The van der Waals surface area contributed by atoms with Crippen molar-refractivity contribution in [1.82, 2.24) is 5.32 Å². The number of amides is 2. The van der Waals surface area contributed by atoms with Gasteiger partial charge in [-0.15, -0.1) is 23.2 Å². The SMILES string of the molecule is O=C(NCC(F)(F)F)c1cc(NC(=O)[C@H]2[C@H](c3cc(C(F)(F)F)ccc3Cl)C2(Cl)Cl)ccc1Cl. The molecule has 3 rings (SSSR count). The Hall–Kier alpha value is -1.88. The van der Waals surface area contributed by atoms with Gasteiger partial charge in [-0.05, 0) is 42.0 Å². The monoisotopic (exact) mass is 566 g/mol. The molecule has 1 aliphatic rings. The maximum atomic E-state index is 13.1. The molecule has 14 heteroatoms. The van der Waals surface area contributed by atoms with E-state index in [1.165, 1.54) is 12.1 Å². The highest BCUT2D eigenvalue weighted by molar-refractivity contribution is 6.54. The molecule has 184 valence electrons. The van der Waals surface area contributed by atoms with Crippen molar-refractivity contribution in [3.05, 3.63) is 63.1 Å². The Labute approximate surface area is 208 Å². The lowest BCUT2D eigenvalue weighted by atomic mass is 10.0. The number of hydrogen-bond acceptors (Lipinski definition) is 2. The standard InChI is InChI=1S/C20H12Cl4F6N2O2/c21-12-3-1-8(20(28,29)30)5-10(12)14-15(19(14,23)24)17(34)32-9-2-4-13(22)11(6-9)16(33)31-7-18(25,26)27/h1-6,14-15H,7H2,(H,31,33)(H,32,34)/t14-,15+/m0/s1. The van der Waals surface area contributed by atoms with Crippen molar-refractivity contribution in [2.75, 3.05) is 11.9 Å². The first-order chi connectivity index (χ1) is 15.5. The van der Waals surface area contributed by atoms with Crippen LogP contribution in [0.1, 0.15) is 27.4 Å². The van der Waals surface area contributed by atoms with E-state index < -0.39 is 52.4 Å². The molecule has 4 nitrogen and oxygen atoms in total. The number of hydrogen-bond donors (Lipinski definition) is 2. The average molecular weight is 568 g/mol. The zero-order valence-corrected chi connectivity index (χ0v) is 19.4. The number of nitrogens with one attached hydrogen (secondary N) is 2. The Kier molecular flexibility index (Phi) is 7.30. The number of alkyl halides is 8. The summed E-state index contributed by atoms with van der Waals surface area (Å²) in [6.45, 7) is -1.60. The molecule has 0 aromatic heterocycles. The molecule has 2 aromatic rings. The third-order valence-corrected chi connectivity index (χ3v) is 6.54. The van der Waals surface area contributed by atoms with E-state index >= 15 is 0 Å². The van der Waals surface area contributed by atoms with Crippen molar-refractivity contribution in [3.8, 4) is 0 Å².